The van der Waals surface area contributed by atoms with Crippen molar-refractivity contribution in [2.75, 3.05) is 13.1 Å². The lowest BCUT2D eigenvalue weighted by Gasteiger charge is -2.34. The van der Waals surface area contributed by atoms with Gasteiger partial charge in [0.05, 0.1) is 13.1 Å². The van der Waals surface area contributed by atoms with Gasteiger partial charge in [0.15, 0.2) is 0 Å². The van der Waals surface area contributed by atoms with Crippen LogP contribution in [-0.2, 0) is 22.7 Å². The first-order valence-corrected chi connectivity index (χ1v) is 13.1. The molecule has 0 bridgehead atoms. The van der Waals surface area contributed by atoms with Crippen LogP contribution >= 0.6 is 11.6 Å². The summed E-state index contributed by atoms with van der Waals surface area (Å²) in [7, 11) is 0. The molecule has 0 radical (unpaired) electrons. The normalized spacial score (nSPS) is 14.6. The molecular formula is C28H40ClN3O2. The number of aromatic nitrogens is 1. The second-order valence-corrected chi connectivity index (χ2v) is 10.7. The summed E-state index contributed by atoms with van der Waals surface area (Å²) < 4.78 is 2.15. The number of nitrogens with zero attached hydrogens (tertiary/aromatic N) is 3. The van der Waals surface area contributed by atoms with Gasteiger partial charge in [0.2, 0.25) is 11.8 Å². The fraction of sp³-hybridized carbons (Fsp3) is 0.571. The van der Waals surface area contributed by atoms with Crippen molar-refractivity contribution in [2.45, 2.75) is 78.9 Å². The van der Waals surface area contributed by atoms with Gasteiger partial charge in [-0.1, -0.05) is 62.9 Å². The van der Waals surface area contributed by atoms with Crippen molar-refractivity contribution in [1.82, 2.24) is 14.4 Å². The van der Waals surface area contributed by atoms with Crippen molar-refractivity contribution in [3.05, 3.63) is 58.9 Å². The zero-order chi connectivity index (χ0) is 24.7. The Morgan fingerprint density at radius 3 is 2.38 bits per heavy atom. The molecule has 34 heavy (non-hydrogen) atoms. The van der Waals surface area contributed by atoms with Crippen molar-refractivity contribution in [3.63, 3.8) is 0 Å². The number of amides is 2. The Hall–Kier alpha value is -2.27. The summed E-state index contributed by atoms with van der Waals surface area (Å²) in [5, 5.41) is 0.742. The van der Waals surface area contributed by atoms with E-state index in [1.165, 1.54) is 6.42 Å². The molecule has 0 atom stereocenters. The van der Waals surface area contributed by atoms with Gasteiger partial charge < -0.3 is 14.4 Å². The topological polar surface area (TPSA) is 45.6 Å². The molecule has 2 aromatic rings. The summed E-state index contributed by atoms with van der Waals surface area (Å²) in [6.07, 6.45) is 7.35. The third-order valence-electron chi connectivity index (χ3n) is 6.68. The highest BCUT2D eigenvalue weighted by Crippen LogP contribution is 2.26. The van der Waals surface area contributed by atoms with Gasteiger partial charge in [-0.2, -0.15) is 0 Å². The molecule has 0 unspecified atom stereocenters. The fourth-order valence-electron chi connectivity index (χ4n) is 4.79. The second kappa shape index (κ2) is 12.4. The van der Waals surface area contributed by atoms with E-state index in [9.17, 15) is 9.59 Å². The zero-order valence-electron chi connectivity index (χ0n) is 21.2. The fourth-order valence-corrected chi connectivity index (χ4v) is 4.99. The number of hydrogen-bond acceptors (Lipinski definition) is 2. The Morgan fingerprint density at radius 2 is 1.74 bits per heavy atom. The monoisotopic (exact) mass is 485 g/mol. The molecule has 6 heteroatoms. The molecule has 0 aliphatic heterocycles. The molecule has 2 amide bonds. The van der Waals surface area contributed by atoms with Gasteiger partial charge in [0.1, 0.15) is 0 Å². The number of carbonyl (C=O) groups is 2. The lowest BCUT2D eigenvalue weighted by Crippen LogP contribution is -2.48. The summed E-state index contributed by atoms with van der Waals surface area (Å²) in [6, 6.07) is 11.9. The highest BCUT2D eigenvalue weighted by atomic mass is 35.5. The van der Waals surface area contributed by atoms with E-state index in [-0.39, 0.29) is 30.3 Å². The Morgan fingerprint density at radius 1 is 1.03 bits per heavy atom. The third kappa shape index (κ3) is 7.11. The molecule has 5 nitrogen and oxygen atoms in total. The molecule has 186 valence electrons. The maximum atomic E-state index is 13.5. The average Bonchev–Trinajstić information content (AvgIpc) is 3.24. The molecule has 1 aromatic carbocycles. The molecule has 0 spiro atoms. The smallest absolute Gasteiger partial charge is 0.242 e. The lowest BCUT2D eigenvalue weighted by molar-refractivity contribution is -0.145. The van der Waals surface area contributed by atoms with E-state index in [0.717, 1.165) is 42.0 Å². The molecule has 1 heterocycles. The van der Waals surface area contributed by atoms with E-state index in [1.807, 2.05) is 55.3 Å². The van der Waals surface area contributed by atoms with E-state index in [1.54, 1.807) is 4.90 Å². The third-order valence-corrected chi connectivity index (χ3v) is 7.05. The quantitative estimate of drug-likeness (QED) is 0.414. The first kappa shape index (κ1) is 26.3. The van der Waals surface area contributed by atoms with Gasteiger partial charge in [-0.25, -0.2) is 0 Å². The van der Waals surface area contributed by atoms with Gasteiger partial charge in [0, 0.05) is 42.0 Å². The molecule has 1 aromatic heterocycles. The maximum Gasteiger partial charge on any atom is 0.242 e. The van der Waals surface area contributed by atoms with Crippen LogP contribution in [0.15, 0.2) is 42.6 Å². The molecule has 0 N–H and O–H groups in total. The van der Waals surface area contributed by atoms with Gasteiger partial charge in [0.25, 0.3) is 0 Å². The average molecular weight is 486 g/mol. The Kier molecular flexibility index (Phi) is 9.63. The van der Waals surface area contributed by atoms with E-state index in [2.05, 4.69) is 24.5 Å². The number of halogens is 1. The van der Waals surface area contributed by atoms with Crippen LogP contribution in [-0.4, -0.2) is 45.3 Å². The van der Waals surface area contributed by atoms with Gasteiger partial charge in [-0.05, 0) is 56.4 Å². The minimum Gasteiger partial charge on any atom is -0.345 e. The zero-order valence-corrected chi connectivity index (χ0v) is 21.9. The largest absolute Gasteiger partial charge is 0.345 e. The van der Waals surface area contributed by atoms with E-state index >= 15 is 0 Å². The minimum absolute atomic E-state index is 0.00311. The maximum absolute atomic E-state index is 13.5. The molecule has 0 saturated heterocycles. The summed E-state index contributed by atoms with van der Waals surface area (Å²) in [6.45, 7) is 10.2. The highest BCUT2D eigenvalue weighted by molar-refractivity contribution is 6.31. The summed E-state index contributed by atoms with van der Waals surface area (Å²) in [5.74, 6) is 0.555. The van der Waals surface area contributed by atoms with Crippen molar-refractivity contribution in [3.8, 4) is 0 Å². The number of hydrogen-bond donors (Lipinski definition) is 0. The summed E-state index contributed by atoms with van der Waals surface area (Å²) in [4.78, 5) is 30.5. The van der Waals surface area contributed by atoms with Gasteiger partial charge in [-0.3, -0.25) is 9.59 Å². The van der Waals surface area contributed by atoms with Crippen molar-refractivity contribution in [1.29, 1.82) is 0 Å². The Labute approximate surface area is 210 Å². The molecular weight excluding hydrogens is 446 g/mol. The summed E-state index contributed by atoms with van der Waals surface area (Å²) in [5.41, 5.74) is 2.11. The van der Waals surface area contributed by atoms with Crippen LogP contribution < -0.4 is 0 Å². The molecule has 1 aliphatic rings. The van der Waals surface area contributed by atoms with Crippen molar-refractivity contribution < 1.29 is 9.59 Å². The van der Waals surface area contributed by atoms with E-state index in [0.29, 0.717) is 25.6 Å². The predicted octanol–water partition coefficient (Wildman–Crippen LogP) is 5.99. The highest BCUT2D eigenvalue weighted by Gasteiger charge is 2.30. The van der Waals surface area contributed by atoms with Crippen LogP contribution in [0.25, 0.3) is 0 Å². The Balaban J connectivity index is 1.74. The number of rotatable bonds is 10. The van der Waals surface area contributed by atoms with Crippen LogP contribution in [0.1, 0.15) is 71.1 Å². The van der Waals surface area contributed by atoms with Crippen molar-refractivity contribution >= 4 is 23.4 Å². The summed E-state index contributed by atoms with van der Waals surface area (Å²) >= 11 is 6.38. The van der Waals surface area contributed by atoms with E-state index < -0.39 is 0 Å². The first-order valence-electron chi connectivity index (χ1n) is 12.7. The van der Waals surface area contributed by atoms with Gasteiger partial charge >= 0.3 is 0 Å². The molecule has 1 fully saturated rings. The molecule has 1 saturated carbocycles. The van der Waals surface area contributed by atoms with Crippen LogP contribution in [0.2, 0.25) is 5.02 Å². The van der Waals surface area contributed by atoms with Crippen molar-refractivity contribution in [2.24, 2.45) is 11.8 Å². The van der Waals surface area contributed by atoms with Crippen LogP contribution in [0.4, 0.5) is 0 Å². The van der Waals surface area contributed by atoms with Gasteiger partial charge in [-0.15, -0.1) is 0 Å². The minimum atomic E-state index is 0.00311. The molecule has 3 rings (SSSR count). The van der Waals surface area contributed by atoms with E-state index in [4.69, 9.17) is 11.6 Å². The SMILES string of the molecule is CC(C)CN(Cc1cccn1Cc1ccccc1Cl)C(=O)CN(C(=O)C1CCCCC1)C(C)C. The Bertz CT molecular complexity index is 947. The van der Waals surface area contributed by atoms with Crippen LogP contribution in [0.3, 0.4) is 0 Å². The van der Waals surface area contributed by atoms with Crippen LogP contribution in [0.5, 0.6) is 0 Å². The predicted molar refractivity (Wildman–Crippen MR) is 139 cm³/mol. The lowest BCUT2D eigenvalue weighted by atomic mass is 9.88. The van der Waals surface area contributed by atoms with Crippen LogP contribution in [0, 0.1) is 11.8 Å². The number of carbonyl (C=O) groups excluding carboxylic acids is 2. The number of benzene rings is 1. The standard InChI is InChI=1S/C28H40ClN3O2/c1-21(2)17-31(19-25-14-10-16-30(25)18-24-13-8-9-15-26(24)29)27(33)20-32(22(3)4)28(34)23-11-6-5-7-12-23/h8-10,13-16,21-23H,5-7,11-12,17-20H2,1-4H3. The second-order valence-electron chi connectivity index (χ2n) is 10.3. The first-order chi connectivity index (χ1) is 16.3. The molecule has 1 aliphatic carbocycles.